The normalized spacial score (nSPS) is 10.6. The summed E-state index contributed by atoms with van der Waals surface area (Å²) in [6.45, 7) is 4.11. The minimum atomic E-state index is -0.0698. The zero-order valence-corrected chi connectivity index (χ0v) is 16.9. The van der Waals surface area contributed by atoms with E-state index in [1.165, 1.54) is 0 Å². The molecule has 3 rings (SSSR count). The fourth-order valence-corrected chi connectivity index (χ4v) is 3.06. The highest BCUT2D eigenvalue weighted by Crippen LogP contribution is 2.20. The Hall–Kier alpha value is -2.57. The second kappa shape index (κ2) is 10.7. The molecule has 0 aliphatic rings. The van der Waals surface area contributed by atoms with Gasteiger partial charge in [0.05, 0.1) is 11.0 Å². The highest BCUT2D eigenvalue weighted by molar-refractivity contribution is 5.91. The number of carbonyl (C=O) groups excluding carboxylic acids is 1. The quantitative estimate of drug-likeness (QED) is 0.418. The fraction of sp³-hybridized carbons (Fsp3) is 0.333. The van der Waals surface area contributed by atoms with E-state index in [1.54, 1.807) is 0 Å². The number of amides is 1. The Morgan fingerprint density at radius 1 is 1.18 bits per heavy atom. The number of ether oxygens (including phenoxy) is 1. The van der Waals surface area contributed by atoms with Gasteiger partial charge >= 0.3 is 0 Å². The Kier molecular flexibility index (Phi) is 8.29. The van der Waals surface area contributed by atoms with Crippen molar-refractivity contribution in [1.29, 1.82) is 0 Å². The van der Waals surface area contributed by atoms with E-state index in [4.69, 9.17) is 10.5 Å². The molecule has 28 heavy (non-hydrogen) atoms. The van der Waals surface area contributed by atoms with Gasteiger partial charge in [-0.3, -0.25) is 10.1 Å². The van der Waals surface area contributed by atoms with Crippen LogP contribution in [-0.4, -0.2) is 28.7 Å². The van der Waals surface area contributed by atoms with E-state index in [9.17, 15) is 4.79 Å². The molecule has 1 amide bonds. The second-order valence-corrected chi connectivity index (χ2v) is 6.37. The third kappa shape index (κ3) is 5.47. The summed E-state index contributed by atoms with van der Waals surface area (Å²) in [6, 6.07) is 15.5. The lowest BCUT2D eigenvalue weighted by Crippen LogP contribution is -2.17. The van der Waals surface area contributed by atoms with Crippen molar-refractivity contribution in [3.05, 3.63) is 54.1 Å². The first-order valence-electron chi connectivity index (χ1n) is 9.35. The third-order valence-corrected chi connectivity index (χ3v) is 4.46. The van der Waals surface area contributed by atoms with Crippen LogP contribution in [0, 0.1) is 0 Å². The maximum Gasteiger partial charge on any atom is 0.227 e. The van der Waals surface area contributed by atoms with Crippen LogP contribution >= 0.6 is 12.4 Å². The number of nitrogens with zero attached hydrogens (tertiary/aromatic N) is 2. The van der Waals surface area contributed by atoms with E-state index < -0.39 is 0 Å². The summed E-state index contributed by atoms with van der Waals surface area (Å²) in [4.78, 5) is 17.1. The standard InChI is InChI=1S/C21H26N4O2.ClH/c1-2-27-15-7-14-25-19-11-6-5-10-18(19)23-21(25)24-20(26)13-12-16-8-3-4-9-17(16)22;/h3-6,8-11H,2,7,12-15,22H2,1H3,(H,23,24,26);1H. The van der Waals surface area contributed by atoms with Crippen molar-refractivity contribution >= 4 is 41.0 Å². The number of imidazole rings is 1. The Labute approximate surface area is 171 Å². The van der Waals surface area contributed by atoms with Crippen LogP contribution < -0.4 is 11.1 Å². The first kappa shape index (κ1) is 21.7. The minimum absolute atomic E-state index is 0. The predicted molar refractivity (Wildman–Crippen MR) is 116 cm³/mol. The molecule has 2 aromatic carbocycles. The summed E-state index contributed by atoms with van der Waals surface area (Å²) in [5.74, 6) is 0.512. The van der Waals surface area contributed by atoms with Crippen molar-refractivity contribution in [3.63, 3.8) is 0 Å². The van der Waals surface area contributed by atoms with Crippen molar-refractivity contribution in [1.82, 2.24) is 9.55 Å². The van der Waals surface area contributed by atoms with Crippen molar-refractivity contribution in [2.45, 2.75) is 32.7 Å². The lowest BCUT2D eigenvalue weighted by Gasteiger charge is -2.10. The highest BCUT2D eigenvalue weighted by Gasteiger charge is 2.13. The number of nitrogens with two attached hydrogens (primary N) is 1. The topological polar surface area (TPSA) is 82.2 Å². The molecule has 0 aliphatic carbocycles. The molecule has 0 radical (unpaired) electrons. The van der Waals surface area contributed by atoms with Gasteiger partial charge in [-0.1, -0.05) is 30.3 Å². The smallest absolute Gasteiger partial charge is 0.227 e. The number of aryl methyl sites for hydroxylation is 2. The molecule has 150 valence electrons. The third-order valence-electron chi connectivity index (χ3n) is 4.46. The molecule has 0 atom stereocenters. The number of nitrogen functional groups attached to an aromatic ring is 1. The molecule has 7 heteroatoms. The van der Waals surface area contributed by atoms with Crippen molar-refractivity contribution < 1.29 is 9.53 Å². The number of hydrogen-bond donors (Lipinski definition) is 2. The molecule has 3 N–H and O–H groups in total. The predicted octanol–water partition coefficient (Wildman–Crippen LogP) is 4.04. The van der Waals surface area contributed by atoms with E-state index in [1.807, 2.05) is 60.0 Å². The molecule has 0 fully saturated rings. The number of fused-ring (bicyclic) bond motifs is 1. The van der Waals surface area contributed by atoms with Crippen molar-refractivity contribution in [2.24, 2.45) is 0 Å². The van der Waals surface area contributed by atoms with Gasteiger partial charge in [0.2, 0.25) is 11.9 Å². The largest absolute Gasteiger partial charge is 0.399 e. The molecule has 1 aromatic heterocycles. The number of halogens is 1. The highest BCUT2D eigenvalue weighted by atomic mass is 35.5. The summed E-state index contributed by atoms with van der Waals surface area (Å²) in [6.07, 6.45) is 1.82. The molecule has 0 saturated carbocycles. The van der Waals surface area contributed by atoms with Crippen LogP contribution in [0.25, 0.3) is 11.0 Å². The first-order valence-corrected chi connectivity index (χ1v) is 9.35. The average Bonchev–Trinajstić information content (AvgIpc) is 3.01. The maximum absolute atomic E-state index is 12.5. The summed E-state index contributed by atoms with van der Waals surface area (Å²) in [7, 11) is 0. The van der Waals surface area contributed by atoms with Gasteiger partial charge in [-0.05, 0) is 43.5 Å². The molecule has 0 saturated heterocycles. The molecule has 3 aromatic rings. The number of aromatic nitrogens is 2. The molecule has 6 nitrogen and oxygen atoms in total. The van der Waals surface area contributed by atoms with Crippen LogP contribution in [-0.2, 0) is 22.5 Å². The van der Waals surface area contributed by atoms with E-state index in [0.29, 0.717) is 37.7 Å². The van der Waals surface area contributed by atoms with Gasteiger partial charge in [-0.15, -0.1) is 12.4 Å². The zero-order chi connectivity index (χ0) is 19.1. The van der Waals surface area contributed by atoms with Crippen LogP contribution in [0.2, 0.25) is 0 Å². The fourth-order valence-electron chi connectivity index (χ4n) is 3.06. The number of anilines is 2. The summed E-state index contributed by atoms with van der Waals surface area (Å²) >= 11 is 0. The van der Waals surface area contributed by atoms with Crippen molar-refractivity contribution in [2.75, 3.05) is 24.3 Å². The molecule has 0 aliphatic heterocycles. The Balaban J connectivity index is 0.00000280. The van der Waals surface area contributed by atoms with Crippen LogP contribution in [0.1, 0.15) is 25.3 Å². The second-order valence-electron chi connectivity index (χ2n) is 6.37. The summed E-state index contributed by atoms with van der Waals surface area (Å²) < 4.78 is 7.48. The van der Waals surface area contributed by atoms with E-state index >= 15 is 0 Å². The van der Waals surface area contributed by atoms with Crippen LogP contribution in [0.4, 0.5) is 11.6 Å². The number of carbonyl (C=O) groups is 1. The Morgan fingerprint density at radius 3 is 2.71 bits per heavy atom. The first-order chi connectivity index (χ1) is 13.2. The number of para-hydroxylation sites is 3. The SMILES string of the molecule is CCOCCCn1c(NC(=O)CCc2ccccc2N)nc2ccccc21.Cl. The van der Waals surface area contributed by atoms with Gasteiger partial charge in [0.15, 0.2) is 0 Å². The zero-order valence-electron chi connectivity index (χ0n) is 16.1. The minimum Gasteiger partial charge on any atom is -0.399 e. The molecular formula is C21H27ClN4O2. The summed E-state index contributed by atoms with van der Waals surface area (Å²) in [5.41, 5.74) is 9.54. The number of rotatable bonds is 9. The van der Waals surface area contributed by atoms with Gasteiger partial charge in [-0.2, -0.15) is 0 Å². The van der Waals surface area contributed by atoms with Crippen molar-refractivity contribution in [3.8, 4) is 0 Å². The molecule has 0 bridgehead atoms. The lowest BCUT2D eigenvalue weighted by molar-refractivity contribution is -0.116. The van der Waals surface area contributed by atoms with E-state index in [-0.39, 0.29) is 18.3 Å². The number of hydrogen-bond acceptors (Lipinski definition) is 4. The number of nitrogens with one attached hydrogen (secondary N) is 1. The Bertz CT molecular complexity index is 910. The Morgan fingerprint density at radius 2 is 1.93 bits per heavy atom. The average molecular weight is 403 g/mol. The van der Waals surface area contributed by atoms with Crippen LogP contribution in [0.15, 0.2) is 48.5 Å². The molecule has 1 heterocycles. The molecule has 0 unspecified atom stereocenters. The van der Waals surface area contributed by atoms with Gasteiger partial charge in [0.25, 0.3) is 0 Å². The van der Waals surface area contributed by atoms with Gasteiger partial charge in [0, 0.05) is 31.9 Å². The lowest BCUT2D eigenvalue weighted by atomic mass is 10.1. The van der Waals surface area contributed by atoms with Gasteiger partial charge < -0.3 is 15.0 Å². The monoisotopic (exact) mass is 402 g/mol. The van der Waals surface area contributed by atoms with Crippen LogP contribution in [0.5, 0.6) is 0 Å². The van der Waals surface area contributed by atoms with Gasteiger partial charge in [-0.25, -0.2) is 4.98 Å². The molecular weight excluding hydrogens is 376 g/mol. The number of benzene rings is 2. The van der Waals surface area contributed by atoms with Crippen LogP contribution in [0.3, 0.4) is 0 Å². The maximum atomic E-state index is 12.5. The van der Waals surface area contributed by atoms with Gasteiger partial charge in [0.1, 0.15) is 0 Å². The molecule has 0 spiro atoms. The summed E-state index contributed by atoms with van der Waals surface area (Å²) in [5, 5.41) is 2.96. The van der Waals surface area contributed by atoms with E-state index in [2.05, 4.69) is 10.3 Å². The van der Waals surface area contributed by atoms with E-state index in [0.717, 1.165) is 29.6 Å².